The lowest BCUT2D eigenvalue weighted by molar-refractivity contribution is 0.592. The van der Waals surface area contributed by atoms with Crippen LogP contribution in [0.25, 0.3) is 0 Å². The van der Waals surface area contributed by atoms with E-state index in [-0.39, 0.29) is 0 Å². The van der Waals surface area contributed by atoms with E-state index in [2.05, 4.69) is 46.9 Å². The molecule has 1 rings (SSSR count). The van der Waals surface area contributed by atoms with E-state index in [1.165, 1.54) is 14.2 Å². The van der Waals surface area contributed by atoms with Gasteiger partial charge in [-0.3, -0.25) is 0 Å². The summed E-state index contributed by atoms with van der Waals surface area (Å²) in [7, 11) is 2.00. The highest BCUT2D eigenvalue weighted by Crippen LogP contribution is 2.30. The highest BCUT2D eigenvalue weighted by molar-refractivity contribution is 9.11. The molecular weight excluding hydrogens is 258 g/mol. The zero-order valence-electron chi connectivity index (χ0n) is 8.64. The molecule has 0 fully saturated rings. The van der Waals surface area contributed by atoms with Crippen LogP contribution in [-0.4, -0.2) is 7.05 Å². The van der Waals surface area contributed by atoms with E-state index >= 15 is 0 Å². The van der Waals surface area contributed by atoms with Gasteiger partial charge in [-0.15, -0.1) is 11.3 Å². The van der Waals surface area contributed by atoms with Gasteiger partial charge < -0.3 is 5.32 Å². The first kappa shape index (κ1) is 12.0. The average molecular weight is 274 g/mol. The number of halogens is 1. The number of hydrogen-bond donors (Lipinski definition) is 1. The summed E-state index contributed by atoms with van der Waals surface area (Å²) < 4.78 is 1.19. The number of rotatable bonds is 5. The molecule has 14 heavy (non-hydrogen) atoms. The fourth-order valence-electron chi connectivity index (χ4n) is 1.29. The van der Waals surface area contributed by atoms with Gasteiger partial charge in [0.2, 0.25) is 0 Å². The minimum Gasteiger partial charge on any atom is -0.312 e. The Morgan fingerprint density at radius 3 is 2.79 bits per heavy atom. The molecule has 0 aromatic carbocycles. The maximum Gasteiger partial charge on any atom is 0.0701 e. The van der Waals surface area contributed by atoms with Crippen LogP contribution in [0.1, 0.15) is 30.7 Å². The number of thiophene rings is 1. The molecule has 1 atom stereocenters. The van der Waals surface area contributed by atoms with E-state index in [9.17, 15) is 0 Å². The quantitative estimate of drug-likeness (QED) is 0.796. The van der Waals surface area contributed by atoms with Crippen molar-refractivity contribution in [1.82, 2.24) is 5.32 Å². The molecule has 3 heteroatoms. The molecule has 0 aliphatic carbocycles. The van der Waals surface area contributed by atoms with Gasteiger partial charge in [0, 0.05) is 10.9 Å². The van der Waals surface area contributed by atoms with Gasteiger partial charge in [-0.05, 0) is 48.0 Å². The molecule has 0 saturated carbocycles. The van der Waals surface area contributed by atoms with Crippen molar-refractivity contribution in [2.24, 2.45) is 0 Å². The Labute approximate surface area is 98.4 Å². The lowest BCUT2D eigenvalue weighted by Crippen LogP contribution is -2.15. The summed E-state index contributed by atoms with van der Waals surface area (Å²) in [6, 6.07) is 4.68. The second-order valence-corrected chi connectivity index (χ2v) is 5.79. The molecule has 0 bridgehead atoms. The fourth-order valence-corrected chi connectivity index (χ4v) is 2.83. The van der Waals surface area contributed by atoms with Crippen LogP contribution in [-0.2, 0) is 0 Å². The van der Waals surface area contributed by atoms with E-state index < -0.39 is 0 Å². The Morgan fingerprint density at radius 2 is 2.36 bits per heavy atom. The van der Waals surface area contributed by atoms with Gasteiger partial charge in [-0.25, -0.2) is 0 Å². The Morgan fingerprint density at radius 1 is 1.64 bits per heavy atom. The number of nitrogens with one attached hydrogen (secondary N) is 1. The van der Waals surface area contributed by atoms with Crippen LogP contribution >= 0.6 is 27.3 Å². The summed E-state index contributed by atoms with van der Waals surface area (Å²) >= 11 is 5.27. The van der Waals surface area contributed by atoms with Gasteiger partial charge in [0.1, 0.15) is 0 Å². The molecule has 0 radical (unpaired) electrons. The van der Waals surface area contributed by atoms with Crippen LogP contribution in [0.5, 0.6) is 0 Å². The predicted molar refractivity (Wildman–Crippen MR) is 67.9 cm³/mol. The minimum absolute atomic E-state index is 0.416. The summed E-state index contributed by atoms with van der Waals surface area (Å²) in [6.45, 7) is 6.20. The summed E-state index contributed by atoms with van der Waals surface area (Å²) in [5.74, 6) is 0. The molecule has 1 aromatic heterocycles. The zero-order chi connectivity index (χ0) is 10.6. The van der Waals surface area contributed by atoms with Crippen molar-refractivity contribution in [3.8, 4) is 0 Å². The first-order chi connectivity index (χ1) is 6.67. The molecule has 0 aliphatic rings. The summed E-state index contributed by atoms with van der Waals surface area (Å²) in [6.07, 6.45) is 2.09. The first-order valence-corrected chi connectivity index (χ1v) is 6.37. The van der Waals surface area contributed by atoms with Gasteiger partial charge in [0.15, 0.2) is 0 Å². The van der Waals surface area contributed by atoms with Gasteiger partial charge >= 0.3 is 0 Å². The van der Waals surface area contributed by atoms with Crippen molar-refractivity contribution in [3.05, 3.63) is 32.9 Å². The normalized spacial score (nSPS) is 12.8. The van der Waals surface area contributed by atoms with E-state index in [4.69, 9.17) is 0 Å². The second-order valence-electron chi connectivity index (χ2n) is 3.29. The summed E-state index contributed by atoms with van der Waals surface area (Å²) in [4.78, 5) is 1.37. The first-order valence-electron chi connectivity index (χ1n) is 4.76. The maximum atomic E-state index is 4.05. The highest BCUT2D eigenvalue weighted by atomic mass is 79.9. The minimum atomic E-state index is 0.416. The second kappa shape index (κ2) is 5.69. The van der Waals surface area contributed by atoms with Crippen LogP contribution in [0.15, 0.2) is 28.1 Å². The smallest absolute Gasteiger partial charge is 0.0701 e. The van der Waals surface area contributed by atoms with Crippen molar-refractivity contribution in [1.29, 1.82) is 0 Å². The highest BCUT2D eigenvalue weighted by Gasteiger charge is 2.11. The van der Waals surface area contributed by atoms with E-state index in [1.54, 1.807) is 11.3 Å². The van der Waals surface area contributed by atoms with Crippen molar-refractivity contribution in [2.45, 2.75) is 25.8 Å². The van der Waals surface area contributed by atoms with Gasteiger partial charge in [-0.1, -0.05) is 19.1 Å². The lowest BCUT2D eigenvalue weighted by atomic mass is 10.0. The molecule has 1 heterocycles. The van der Waals surface area contributed by atoms with Crippen molar-refractivity contribution >= 4 is 27.3 Å². The van der Waals surface area contributed by atoms with Gasteiger partial charge in [-0.2, -0.15) is 0 Å². The van der Waals surface area contributed by atoms with Crippen LogP contribution in [0, 0.1) is 0 Å². The average Bonchev–Trinajstić information content (AvgIpc) is 2.60. The van der Waals surface area contributed by atoms with Crippen LogP contribution in [0.4, 0.5) is 0 Å². The molecular formula is C11H16BrNS. The van der Waals surface area contributed by atoms with Crippen molar-refractivity contribution in [3.63, 3.8) is 0 Å². The third kappa shape index (κ3) is 3.23. The monoisotopic (exact) mass is 273 g/mol. The summed E-state index contributed by atoms with van der Waals surface area (Å²) in [5, 5.41) is 3.33. The van der Waals surface area contributed by atoms with Crippen LogP contribution < -0.4 is 5.32 Å². The molecule has 1 unspecified atom stereocenters. The Balaban J connectivity index is 2.67. The third-order valence-corrected chi connectivity index (χ3v) is 4.02. The Kier molecular flexibility index (Phi) is 4.85. The fraction of sp³-hybridized carbons (Fsp3) is 0.455. The molecule has 1 nitrogen and oxygen atoms in total. The van der Waals surface area contributed by atoms with Crippen LogP contribution in [0.3, 0.4) is 0 Å². The molecule has 1 N–H and O–H groups in total. The molecule has 0 aliphatic heterocycles. The Hall–Kier alpha value is -0.120. The number of hydrogen-bond acceptors (Lipinski definition) is 2. The summed E-state index contributed by atoms with van der Waals surface area (Å²) in [5.41, 5.74) is 1.30. The predicted octanol–water partition coefficient (Wildman–Crippen LogP) is 4.13. The van der Waals surface area contributed by atoms with Gasteiger partial charge in [0.25, 0.3) is 0 Å². The maximum absolute atomic E-state index is 4.05. The SMILES string of the molecule is C=C(CC)CC(NC)c1ccc(Br)s1. The molecule has 78 valence electrons. The van der Waals surface area contributed by atoms with Crippen molar-refractivity contribution in [2.75, 3.05) is 7.05 Å². The zero-order valence-corrected chi connectivity index (χ0v) is 11.0. The van der Waals surface area contributed by atoms with E-state index in [0.29, 0.717) is 6.04 Å². The third-order valence-electron chi connectivity index (χ3n) is 2.28. The van der Waals surface area contributed by atoms with Crippen LogP contribution in [0.2, 0.25) is 0 Å². The largest absolute Gasteiger partial charge is 0.312 e. The molecule has 0 saturated heterocycles. The lowest BCUT2D eigenvalue weighted by Gasteiger charge is -2.15. The molecule has 0 amide bonds. The Bertz CT molecular complexity index is 306. The molecule has 1 aromatic rings. The topological polar surface area (TPSA) is 12.0 Å². The van der Waals surface area contributed by atoms with Crippen molar-refractivity contribution < 1.29 is 0 Å². The van der Waals surface area contributed by atoms with E-state index in [1.807, 2.05) is 7.05 Å². The van der Waals surface area contributed by atoms with Gasteiger partial charge in [0.05, 0.1) is 3.79 Å². The standard InChI is InChI=1S/C11H16BrNS/c1-4-8(2)7-9(13-3)10-5-6-11(12)14-10/h5-6,9,13H,2,4,7H2,1,3H3. The van der Waals surface area contributed by atoms with E-state index in [0.717, 1.165) is 12.8 Å². The molecule has 0 spiro atoms.